The van der Waals surface area contributed by atoms with E-state index in [9.17, 15) is 13.6 Å². The van der Waals surface area contributed by atoms with Crippen molar-refractivity contribution in [2.24, 2.45) is 0 Å². The summed E-state index contributed by atoms with van der Waals surface area (Å²) in [5.74, 6) is -0.780. The first-order chi connectivity index (χ1) is 11.1. The number of carbonyl (C=O) groups excluding carboxylic acids is 1. The van der Waals surface area contributed by atoms with Gasteiger partial charge in [0, 0.05) is 23.6 Å². The molecule has 0 aliphatic heterocycles. The first-order valence-electron chi connectivity index (χ1n) is 7.38. The molecular weight excluding hydrogens is 298 g/mol. The van der Waals surface area contributed by atoms with Gasteiger partial charge in [-0.25, -0.2) is 8.78 Å². The molecule has 23 heavy (non-hydrogen) atoms. The molecule has 3 aromatic rings. The number of aromatic nitrogens is 1. The van der Waals surface area contributed by atoms with Gasteiger partial charge in [-0.15, -0.1) is 0 Å². The van der Waals surface area contributed by atoms with E-state index in [4.69, 9.17) is 0 Å². The zero-order valence-electron chi connectivity index (χ0n) is 12.4. The molecule has 1 amide bonds. The van der Waals surface area contributed by atoms with Gasteiger partial charge in [0.25, 0.3) is 0 Å². The summed E-state index contributed by atoms with van der Waals surface area (Å²) in [6, 6.07) is 10.6. The Labute approximate surface area is 132 Å². The number of nitrogens with one attached hydrogen (secondary N) is 2. The standard InChI is InChI=1S/C18H16F2N2O/c19-14-3-1-2-12(8-14)9-18(23)21-7-6-13-11-22-17-10-15(20)4-5-16(13)17/h1-5,8,10-11,22H,6-7,9H2,(H,21,23). The van der Waals surface area contributed by atoms with E-state index in [0.717, 1.165) is 16.5 Å². The molecule has 0 saturated carbocycles. The zero-order valence-corrected chi connectivity index (χ0v) is 12.4. The molecule has 0 fully saturated rings. The van der Waals surface area contributed by atoms with Crippen LogP contribution >= 0.6 is 0 Å². The second-order valence-electron chi connectivity index (χ2n) is 5.41. The molecule has 0 saturated heterocycles. The van der Waals surface area contributed by atoms with E-state index in [0.29, 0.717) is 18.5 Å². The van der Waals surface area contributed by atoms with Crippen LogP contribution in [0, 0.1) is 11.6 Å². The highest BCUT2D eigenvalue weighted by atomic mass is 19.1. The topological polar surface area (TPSA) is 44.9 Å². The van der Waals surface area contributed by atoms with Crippen LogP contribution in [0.1, 0.15) is 11.1 Å². The van der Waals surface area contributed by atoms with Crippen LogP contribution < -0.4 is 5.32 Å². The molecule has 1 aromatic heterocycles. The van der Waals surface area contributed by atoms with E-state index in [1.54, 1.807) is 18.2 Å². The molecule has 0 unspecified atom stereocenters. The van der Waals surface area contributed by atoms with E-state index in [1.807, 2.05) is 6.20 Å². The van der Waals surface area contributed by atoms with E-state index in [1.165, 1.54) is 24.3 Å². The molecule has 0 aliphatic rings. The molecule has 0 radical (unpaired) electrons. The summed E-state index contributed by atoms with van der Waals surface area (Å²) in [5, 5.41) is 3.77. The van der Waals surface area contributed by atoms with Crippen molar-refractivity contribution in [2.45, 2.75) is 12.8 Å². The average molecular weight is 314 g/mol. The first-order valence-corrected chi connectivity index (χ1v) is 7.38. The van der Waals surface area contributed by atoms with E-state index in [2.05, 4.69) is 10.3 Å². The first kappa shape index (κ1) is 15.2. The quantitative estimate of drug-likeness (QED) is 0.745. The molecule has 0 aliphatic carbocycles. The van der Waals surface area contributed by atoms with Crippen molar-refractivity contribution in [3.8, 4) is 0 Å². The summed E-state index contributed by atoms with van der Waals surface area (Å²) in [5.41, 5.74) is 2.40. The number of amides is 1. The van der Waals surface area contributed by atoms with Crippen LogP contribution in [0.4, 0.5) is 8.78 Å². The SMILES string of the molecule is O=C(Cc1cccc(F)c1)NCCc1c[nH]c2cc(F)ccc12. The van der Waals surface area contributed by atoms with Crippen LogP contribution in [-0.2, 0) is 17.6 Å². The lowest BCUT2D eigenvalue weighted by Gasteiger charge is -2.05. The minimum absolute atomic E-state index is 0.150. The fourth-order valence-electron chi connectivity index (χ4n) is 2.60. The molecule has 118 valence electrons. The van der Waals surface area contributed by atoms with E-state index < -0.39 is 0 Å². The molecule has 1 heterocycles. The molecule has 3 rings (SSSR count). The highest BCUT2D eigenvalue weighted by molar-refractivity contribution is 5.83. The lowest BCUT2D eigenvalue weighted by molar-refractivity contribution is -0.120. The number of aromatic amines is 1. The molecule has 3 nitrogen and oxygen atoms in total. The molecule has 2 aromatic carbocycles. The van der Waals surface area contributed by atoms with E-state index >= 15 is 0 Å². The Bertz CT molecular complexity index is 842. The van der Waals surface area contributed by atoms with Crippen LogP contribution in [-0.4, -0.2) is 17.4 Å². The largest absolute Gasteiger partial charge is 0.361 e. The van der Waals surface area contributed by atoms with Gasteiger partial charge in [-0.05, 0) is 47.9 Å². The fourth-order valence-corrected chi connectivity index (χ4v) is 2.60. The Morgan fingerprint density at radius 1 is 1.09 bits per heavy atom. The van der Waals surface area contributed by atoms with Gasteiger partial charge in [-0.2, -0.15) is 0 Å². The van der Waals surface area contributed by atoms with Gasteiger partial charge < -0.3 is 10.3 Å². The summed E-state index contributed by atoms with van der Waals surface area (Å²) >= 11 is 0. The Balaban J connectivity index is 1.55. The van der Waals surface area contributed by atoms with Crippen molar-refractivity contribution in [3.05, 3.63) is 71.4 Å². The van der Waals surface area contributed by atoms with Gasteiger partial charge in [0.2, 0.25) is 5.91 Å². The lowest BCUT2D eigenvalue weighted by atomic mass is 10.1. The number of H-pyrrole nitrogens is 1. The van der Waals surface area contributed by atoms with Gasteiger partial charge in [0.05, 0.1) is 6.42 Å². The summed E-state index contributed by atoms with van der Waals surface area (Å²) in [4.78, 5) is 14.9. The Kier molecular flexibility index (Phi) is 4.37. The highest BCUT2D eigenvalue weighted by Gasteiger charge is 2.07. The van der Waals surface area contributed by atoms with Gasteiger partial charge in [-0.3, -0.25) is 4.79 Å². The number of halogens is 2. The average Bonchev–Trinajstić information content (AvgIpc) is 2.89. The zero-order chi connectivity index (χ0) is 16.2. The second kappa shape index (κ2) is 6.60. The molecule has 5 heteroatoms. The number of rotatable bonds is 5. The molecule has 2 N–H and O–H groups in total. The third-order valence-electron chi connectivity index (χ3n) is 3.70. The predicted octanol–water partition coefficient (Wildman–Crippen LogP) is 3.35. The van der Waals surface area contributed by atoms with Gasteiger partial charge in [0.1, 0.15) is 11.6 Å². The Morgan fingerprint density at radius 3 is 2.74 bits per heavy atom. The van der Waals surface area contributed by atoms with Crippen molar-refractivity contribution >= 4 is 16.8 Å². The van der Waals surface area contributed by atoms with Crippen LogP contribution in [0.5, 0.6) is 0 Å². The van der Waals surface area contributed by atoms with Crippen LogP contribution in [0.3, 0.4) is 0 Å². The van der Waals surface area contributed by atoms with E-state index in [-0.39, 0.29) is 24.0 Å². The van der Waals surface area contributed by atoms with Crippen molar-refractivity contribution in [3.63, 3.8) is 0 Å². The third-order valence-corrected chi connectivity index (χ3v) is 3.70. The summed E-state index contributed by atoms with van der Waals surface area (Å²) in [7, 11) is 0. The monoisotopic (exact) mass is 314 g/mol. The minimum atomic E-state index is -0.346. The summed E-state index contributed by atoms with van der Waals surface area (Å²) in [6.07, 6.45) is 2.61. The predicted molar refractivity (Wildman–Crippen MR) is 85.1 cm³/mol. The van der Waals surface area contributed by atoms with Gasteiger partial charge in [0.15, 0.2) is 0 Å². The maximum atomic E-state index is 13.1. The number of carbonyl (C=O) groups is 1. The minimum Gasteiger partial charge on any atom is -0.361 e. The highest BCUT2D eigenvalue weighted by Crippen LogP contribution is 2.19. The second-order valence-corrected chi connectivity index (χ2v) is 5.41. The van der Waals surface area contributed by atoms with Gasteiger partial charge in [-0.1, -0.05) is 12.1 Å². The number of fused-ring (bicyclic) bond motifs is 1. The van der Waals surface area contributed by atoms with Crippen LogP contribution in [0.15, 0.2) is 48.7 Å². The van der Waals surface area contributed by atoms with Crippen molar-refractivity contribution < 1.29 is 13.6 Å². The maximum Gasteiger partial charge on any atom is 0.224 e. The summed E-state index contributed by atoms with van der Waals surface area (Å²) < 4.78 is 26.2. The number of benzene rings is 2. The molecule has 0 bridgehead atoms. The fraction of sp³-hybridized carbons (Fsp3) is 0.167. The maximum absolute atomic E-state index is 13.1. The van der Waals surface area contributed by atoms with Crippen molar-refractivity contribution in [2.75, 3.05) is 6.54 Å². The Morgan fingerprint density at radius 2 is 1.91 bits per heavy atom. The molecule has 0 spiro atoms. The smallest absolute Gasteiger partial charge is 0.224 e. The Hall–Kier alpha value is -2.69. The number of hydrogen-bond donors (Lipinski definition) is 2. The van der Waals surface area contributed by atoms with Crippen molar-refractivity contribution in [1.82, 2.24) is 10.3 Å². The summed E-state index contributed by atoms with van der Waals surface area (Å²) in [6.45, 7) is 0.471. The number of hydrogen-bond acceptors (Lipinski definition) is 1. The molecule has 0 atom stereocenters. The van der Waals surface area contributed by atoms with Crippen molar-refractivity contribution in [1.29, 1.82) is 0 Å². The third kappa shape index (κ3) is 3.74. The normalized spacial score (nSPS) is 10.9. The van der Waals surface area contributed by atoms with Crippen LogP contribution in [0.2, 0.25) is 0 Å². The van der Waals surface area contributed by atoms with Gasteiger partial charge >= 0.3 is 0 Å². The van der Waals surface area contributed by atoms with Crippen LogP contribution in [0.25, 0.3) is 10.9 Å². The lowest BCUT2D eigenvalue weighted by Crippen LogP contribution is -2.27. The molecular formula is C18H16F2N2O.